The summed E-state index contributed by atoms with van der Waals surface area (Å²) in [5.74, 6) is -0.642. The summed E-state index contributed by atoms with van der Waals surface area (Å²) in [7, 11) is -3.28. The second kappa shape index (κ2) is 4.75. The molecule has 14 heavy (non-hydrogen) atoms. The molecule has 6 heteroatoms. The number of esters is 1. The maximum absolute atomic E-state index is 11.3. The van der Waals surface area contributed by atoms with Gasteiger partial charge in [0.05, 0.1) is 18.8 Å². The van der Waals surface area contributed by atoms with E-state index in [1.165, 1.54) is 0 Å². The second-order valence-corrected chi connectivity index (χ2v) is 5.14. The average Bonchev–Trinajstić information content (AvgIpc) is 2.85. The van der Waals surface area contributed by atoms with E-state index in [-0.39, 0.29) is 24.8 Å². The third-order valence-electron chi connectivity index (χ3n) is 1.80. The zero-order chi connectivity index (χ0) is 10.6. The summed E-state index contributed by atoms with van der Waals surface area (Å²) in [5, 5.41) is 0. The van der Waals surface area contributed by atoms with Crippen molar-refractivity contribution < 1.29 is 17.9 Å². The third-order valence-corrected chi connectivity index (χ3v) is 3.24. The van der Waals surface area contributed by atoms with Crippen LogP contribution in [0.2, 0.25) is 0 Å². The average molecular weight is 221 g/mol. The number of carbonyl (C=O) groups excluding carboxylic acids is 1. The van der Waals surface area contributed by atoms with Crippen molar-refractivity contribution >= 4 is 16.0 Å². The number of ether oxygens (including phenoxy) is 1. The summed E-state index contributed by atoms with van der Waals surface area (Å²) in [6.07, 6.45) is 1.73. The highest BCUT2D eigenvalue weighted by Crippen LogP contribution is 2.19. The summed E-state index contributed by atoms with van der Waals surface area (Å²) < 4.78 is 29.7. The van der Waals surface area contributed by atoms with Gasteiger partial charge in [-0.25, -0.2) is 13.1 Å². The van der Waals surface area contributed by atoms with Crippen molar-refractivity contribution in [1.29, 1.82) is 0 Å². The molecule has 0 saturated heterocycles. The van der Waals surface area contributed by atoms with Crippen molar-refractivity contribution in [3.63, 3.8) is 0 Å². The molecule has 0 aromatic carbocycles. The molecule has 1 fully saturated rings. The molecule has 1 saturated carbocycles. The van der Waals surface area contributed by atoms with E-state index in [4.69, 9.17) is 0 Å². The number of rotatable bonds is 6. The Morgan fingerprint density at radius 3 is 2.64 bits per heavy atom. The minimum atomic E-state index is -3.28. The Balaban J connectivity index is 2.24. The lowest BCUT2D eigenvalue weighted by Crippen LogP contribution is -2.29. The Morgan fingerprint density at radius 2 is 2.14 bits per heavy atom. The molecule has 0 radical (unpaired) electrons. The normalized spacial score (nSPS) is 16.6. The van der Waals surface area contributed by atoms with Crippen LogP contribution in [0.1, 0.15) is 26.2 Å². The molecule has 82 valence electrons. The molecule has 0 unspecified atom stereocenters. The smallest absolute Gasteiger partial charge is 0.306 e. The molecule has 0 aliphatic heterocycles. The Labute approximate surface area is 83.9 Å². The number of sulfonamides is 1. The van der Waals surface area contributed by atoms with Gasteiger partial charge < -0.3 is 4.74 Å². The van der Waals surface area contributed by atoms with Crippen LogP contribution >= 0.6 is 0 Å². The number of nitrogens with one attached hydrogen (secondary N) is 1. The van der Waals surface area contributed by atoms with Gasteiger partial charge in [0.2, 0.25) is 10.0 Å². The van der Waals surface area contributed by atoms with Gasteiger partial charge in [-0.05, 0) is 19.8 Å². The summed E-state index contributed by atoms with van der Waals surface area (Å²) in [5.41, 5.74) is 0. The molecular formula is C8H15NO4S. The molecule has 1 aliphatic carbocycles. The fraction of sp³-hybridized carbons (Fsp3) is 0.875. The Bertz CT molecular complexity index is 294. The van der Waals surface area contributed by atoms with E-state index >= 15 is 0 Å². The third kappa shape index (κ3) is 4.57. The van der Waals surface area contributed by atoms with Crippen molar-refractivity contribution in [1.82, 2.24) is 4.72 Å². The van der Waals surface area contributed by atoms with Crippen LogP contribution in [0.5, 0.6) is 0 Å². The predicted molar refractivity (Wildman–Crippen MR) is 51.2 cm³/mol. The van der Waals surface area contributed by atoms with E-state index in [2.05, 4.69) is 9.46 Å². The van der Waals surface area contributed by atoms with Crippen LogP contribution < -0.4 is 4.72 Å². The van der Waals surface area contributed by atoms with E-state index in [0.29, 0.717) is 0 Å². The zero-order valence-electron chi connectivity index (χ0n) is 8.15. The molecule has 1 N–H and O–H groups in total. The van der Waals surface area contributed by atoms with Crippen LogP contribution in [0.4, 0.5) is 0 Å². The lowest BCUT2D eigenvalue weighted by molar-refractivity contribution is -0.142. The van der Waals surface area contributed by atoms with Gasteiger partial charge in [0.25, 0.3) is 0 Å². The van der Waals surface area contributed by atoms with Gasteiger partial charge >= 0.3 is 5.97 Å². The molecule has 0 amide bonds. The second-order valence-electron chi connectivity index (χ2n) is 3.27. The van der Waals surface area contributed by atoms with Gasteiger partial charge in [0.15, 0.2) is 0 Å². The molecule has 1 aliphatic rings. The maximum Gasteiger partial charge on any atom is 0.306 e. The first kappa shape index (κ1) is 11.5. The number of hydrogen-bond donors (Lipinski definition) is 1. The Hall–Kier alpha value is -0.620. The molecule has 0 aromatic heterocycles. The fourth-order valence-electron chi connectivity index (χ4n) is 0.965. The lowest BCUT2D eigenvalue weighted by Gasteiger charge is -2.04. The van der Waals surface area contributed by atoms with Gasteiger partial charge in [0.1, 0.15) is 0 Å². The van der Waals surface area contributed by atoms with Crippen molar-refractivity contribution in [3.8, 4) is 0 Å². The molecule has 0 spiro atoms. The molecule has 1 rings (SSSR count). The van der Waals surface area contributed by atoms with Crippen molar-refractivity contribution in [2.45, 2.75) is 32.2 Å². The van der Waals surface area contributed by atoms with Crippen LogP contribution in [0.25, 0.3) is 0 Å². The summed E-state index contributed by atoms with van der Waals surface area (Å²) >= 11 is 0. The van der Waals surface area contributed by atoms with E-state index in [9.17, 15) is 13.2 Å². The summed E-state index contributed by atoms with van der Waals surface area (Å²) in [6, 6.07) is 0.0993. The minimum absolute atomic E-state index is 0.0735. The van der Waals surface area contributed by atoms with Crippen LogP contribution in [0.3, 0.4) is 0 Å². The van der Waals surface area contributed by atoms with Crippen LogP contribution in [0, 0.1) is 0 Å². The molecule has 5 nitrogen and oxygen atoms in total. The van der Waals surface area contributed by atoms with E-state index in [0.717, 1.165) is 12.8 Å². The largest absolute Gasteiger partial charge is 0.466 e. The first-order chi connectivity index (χ1) is 6.53. The van der Waals surface area contributed by atoms with Crippen LogP contribution in [0.15, 0.2) is 0 Å². The minimum Gasteiger partial charge on any atom is -0.466 e. The maximum atomic E-state index is 11.3. The van der Waals surface area contributed by atoms with Crippen molar-refractivity contribution in [2.24, 2.45) is 0 Å². The predicted octanol–water partition coefficient (Wildman–Crippen LogP) is 0.0214. The topological polar surface area (TPSA) is 72.5 Å². The molecule has 0 aromatic rings. The highest BCUT2D eigenvalue weighted by atomic mass is 32.2. The van der Waals surface area contributed by atoms with Crippen LogP contribution in [-0.4, -0.2) is 32.8 Å². The fourth-order valence-corrected chi connectivity index (χ4v) is 2.26. The lowest BCUT2D eigenvalue weighted by atomic mass is 10.5. The molecular weight excluding hydrogens is 206 g/mol. The van der Waals surface area contributed by atoms with Crippen molar-refractivity contribution in [3.05, 3.63) is 0 Å². The molecule has 0 bridgehead atoms. The highest BCUT2D eigenvalue weighted by molar-refractivity contribution is 7.89. The Kier molecular flexibility index (Phi) is 3.88. The molecule has 0 atom stereocenters. The quantitative estimate of drug-likeness (QED) is 0.642. The van der Waals surface area contributed by atoms with Crippen LogP contribution in [-0.2, 0) is 19.6 Å². The standard InChI is InChI=1S/C8H15NO4S/c1-2-13-8(10)5-6-14(11,12)9-7-3-4-7/h7,9H,2-6H2,1H3. The first-order valence-electron chi connectivity index (χ1n) is 4.69. The summed E-state index contributed by atoms with van der Waals surface area (Å²) in [6.45, 7) is 1.98. The van der Waals surface area contributed by atoms with E-state index in [1.807, 2.05) is 0 Å². The van der Waals surface area contributed by atoms with E-state index < -0.39 is 16.0 Å². The Morgan fingerprint density at radius 1 is 1.50 bits per heavy atom. The van der Waals surface area contributed by atoms with Gasteiger partial charge in [-0.15, -0.1) is 0 Å². The monoisotopic (exact) mass is 221 g/mol. The first-order valence-corrected chi connectivity index (χ1v) is 6.34. The summed E-state index contributed by atoms with van der Waals surface area (Å²) in [4.78, 5) is 10.9. The number of hydrogen-bond acceptors (Lipinski definition) is 4. The van der Waals surface area contributed by atoms with Gasteiger partial charge in [-0.2, -0.15) is 0 Å². The van der Waals surface area contributed by atoms with Gasteiger partial charge in [-0.1, -0.05) is 0 Å². The molecule has 0 heterocycles. The van der Waals surface area contributed by atoms with E-state index in [1.54, 1.807) is 6.92 Å². The highest BCUT2D eigenvalue weighted by Gasteiger charge is 2.27. The number of carbonyl (C=O) groups is 1. The van der Waals surface area contributed by atoms with Gasteiger partial charge in [0, 0.05) is 6.04 Å². The zero-order valence-corrected chi connectivity index (χ0v) is 8.97. The van der Waals surface area contributed by atoms with Gasteiger partial charge in [-0.3, -0.25) is 4.79 Å². The SMILES string of the molecule is CCOC(=O)CCS(=O)(=O)NC1CC1. The van der Waals surface area contributed by atoms with Crippen molar-refractivity contribution in [2.75, 3.05) is 12.4 Å².